The van der Waals surface area contributed by atoms with Crippen molar-refractivity contribution >= 4 is 17.2 Å². The number of nitrogens with zero attached hydrogens (tertiary/aromatic N) is 3. The summed E-state index contributed by atoms with van der Waals surface area (Å²) in [6.07, 6.45) is 1.66. The van der Waals surface area contributed by atoms with Crippen molar-refractivity contribution in [3.8, 4) is 5.75 Å². The van der Waals surface area contributed by atoms with Gasteiger partial charge in [0.15, 0.2) is 5.89 Å². The van der Waals surface area contributed by atoms with Gasteiger partial charge in [0.2, 0.25) is 5.76 Å². The van der Waals surface area contributed by atoms with Crippen LogP contribution in [-0.2, 0) is 12.2 Å². The molecule has 0 spiro atoms. The number of aliphatic hydroxyl groups is 1. The van der Waals surface area contributed by atoms with Crippen molar-refractivity contribution in [1.29, 1.82) is 0 Å². The summed E-state index contributed by atoms with van der Waals surface area (Å²) in [5.41, 5.74) is 0.414. The molecule has 31 heavy (non-hydrogen) atoms. The molecule has 0 aliphatic carbocycles. The van der Waals surface area contributed by atoms with Crippen molar-refractivity contribution in [3.05, 3.63) is 63.3 Å². The molecule has 0 saturated carbocycles. The van der Waals surface area contributed by atoms with Gasteiger partial charge in [0.05, 0.1) is 16.3 Å². The van der Waals surface area contributed by atoms with Gasteiger partial charge in [-0.1, -0.05) is 18.2 Å². The van der Waals surface area contributed by atoms with Gasteiger partial charge in [-0.15, -0.1) is 11.3 Å². The first kappa shape index (κ1) is 21.5. The normalized spacial score (nSPS) is 19.3. The van der Waals surface area contributed by atoms with E-state index in [-0.39, 0.29) is 11.7 Å². The number of hydrogen-bond donors (Lipinski definition) is 1. The fourth-order valence-corrected chi connectivity index (χ4v) is 4.96. The molecule has 0 unspecified atom stereocenters. The first-order valence-corrected chi connectivity index (χ1v) is 11.3. The van der Waals surface area contributed by atoms with E-state index in [1.54, 1.807) is 18.7 Å². The Hall–Kier alpha value is -2.71. The first-order chi connectivity index (χ1) is 14.9. The molecule has 3 aromatic rings. The van der Waals surface area contributed by atoms with Gasteiger partial charge in [-0.25, -0.2) is 9.97 Å². The molecular formula is C23H27N3O4S. The molecule has 4 rings (SSSR count). The molecule has 0 radical (unpaired) electrons. The molecule has 1 amide bonds. The molecule has 1 N–H and O–H groups in total. The fraction of sp³-hybridized carbons (Fsp3) is 0.435. The lowest BCUT2D eigenvalue weighted by Gasteiger charge is -2.24. The van der Waals surface area contributed by atoms with Crippen LogP contribution >= 0.6 is 11.3 Å². The standard InChI is InChI=1S/C23H27N3O4S/c1-15-19(14-29-18-8-5-4-6-9-18)31-22(25-15)23(28)10-7-12-26(13-11-23)21(27)20-16(2)24-17(3)30-20/h4-6,8-9,28H,7,10-14H2,1-3H3/t23-/m0/s1. The largest absolute Gasteiger partial charge is 0.488 e. The highest BCUT2D eigenvalue weighted by molar-refractivity contribution is 7.11. The molecule has 0 bridgehead atoms. The van der Waals surface area contributed by atoms with Crippen LogP contribution in [0.3, 0.4) is 0 Å². The summed E-state index contributed by atoms with van der Waals surface area (Å²) < 4.78 is 11.4. The Labute approximate surface area is 185 Å². The summed E-state index contributed by atoms with van der Waals surface area (Å²) in [7, 11) is 0. The van der Waals surface area contributed by atoms with Crippen LogP contribution in [0.5, 0.6) is 5.75 Å². The van der Waals surface area contributed by atoms with Gasteiger partial charge < -0.3 is 19.2 Å². The predicted molar refractivity (Wildman–Crippen MR) is 117 cm³/mol. The number of oxazole rings is 1. The number of aromatic nitrogens is 2. The van der Waals surface area contributed by atoms with E-state index in [0.717, 1.165) is 16.3 Å². The third-order valence-corrected chi connectivity index (χ3v) is 6.93. The lowest BCUT2D eigenvalue weighted by molar-refractivity contribution is 0.0208. The van der Waals surface area contributed by atoms with E-state index in [4.69, 9.17) is 9.15 Å². The van der Waals surface area contributed by atoms with Crippen molar-refractivity contribution in [3.63, 3.8) is 0 Å². The molecule has 1 atom stereocenters. The zero-order valence-corrected chi connectivity index (χ0v) is 18.9. The summed E-state index contributed by atoms with van der Waals surface area (Å²) in [5, 5.41) is 12.1. The summed E-state index contributed by atoms with van der Waals surface area (Å²) >= 11 is 1.49. The van der Waals surface area contributed by atoms with Crippen molar-refractivity contribution in [2.24, 2.45) is 0 Å². The maximum atomic E-state index is 12.9. The Morgan fingerprint density at radius 1 is 1.16 bits per heavy atom. The van der Waals surface area contributed by atoms with Gasteiger partial charge in [0, 0.05) is 26.4 Å². The Morgan fingerprint density at radius 3 is 2.65 bits per heavy atom. The summed E-state index contributed by atoms with van der Waals surface area (Å²) in [4.78, 5) is 24.5. The van der Waals surface area contributed by atoms with E-state index < -0.39 is 5.60 Å². The van der Waals surface area contributed by atoms with E-state index in [9.17, 15) is 9.90 Å². The number of hydrogen-bond acceptors (Lipinski definition) is 7. The second kappa shape index (κ2) is 8.80. The van der Waals surface area contributed by atoms with Crippen LogP contribution in [0.4, 0.5) is 0 Å². The van der Waals surface area contributed by atoms with Crippen molar-refractivity contribution in [1.82, 2.24) is 14.9 Å². The van der Waals surface area contributed by atoms with Gasteiger partial charge in [0.1, 0.15) is 23.0 Å². The number of ether oxygens (including phenoxy) is 1. The van der Waals surface area contributed by atoms with Crippen LogP contribution < -0.4 is 4.74 Å². The average molecular weight is 442 g/mol. The van der Waals surface area contributed by atoms with Crippen LogP contribution in [-0.4, -0.2) is 39.0 Å². The number of likely N-dealkylation sites (tertiary alicyclic amines) is 1. The Kier molecular flexibility index (Phi) is 6.11. The lowest BCUT2D eigenvalue weighted by atomic mass is 9.96. The zero-order valence-electron chi connectivity index (χ0n) is 18.1. The molecule has 1 aliphatic heterocycles. The molecule has 8 heteroatoms. The second-order valence-corrected chi connectivity index (χ2v) is 9.04. The highest BCUT2D eigenvalue weighted by Crippen LogP contribution is 2.37. The third kappa shape index (κ3) is 4.65. The monoisotopic (exact) mass is 441 g/mol. The number of carbonyl (C=O) groups excluding carboxylic acids is 1. The van der Waals surface area contributed by atoms with Crippen molar-refractivity contribution in [2.75, 3.05) is 13.1 Å². The first-order valence-electron chi connectivity index (χ1n) is 10.5. The van der Waals surface area contributed by atoms with E-state index in [0.29, 0.717) is 55.6 Å². The minimum Gasteiger partial charge on any atom is -0.488 e. The van der Waals surface area contributed by atoms with Crippen LogP contribution in [0.1, 0.15) is 57.0 Å². The molecule has 1 saturated heterocycles. The summed E-state index contributed by atoms with van der Waals surface area (Å²) in [6, 6.07) is 9.65. The molecule has 164 valence electrons. The second-order valence-electron chi connectivity index (χ2n) is 7.95. The molecular weight excluding hydrogens is 414 g/mol. The van der Waals surface area contributed by atoms with Crippen molar-refractivity contribution in [2.45, 2.75) is 52.2 Å². The molecule has 1 fully saturated rings. The molecule has 1 aromatic carbocycles. The van der Waals surface area contributed by atoms with Crippen LogP contribution in [0.2, 0.25) is 0 Å². The van der Waals surface area contributed by atoms with E-state index >= 15 is 0 Å². The van der Waals surface area contributed by atoms with Crippen LogP contribution in [0, 0.1) is 20.8 Å². The van der Waals surface area contributed by atoms with Gasteiger partial charge >= 0.3 is 0 Å². The van der Waals surface area contributed by atoms with Crippen molar-refractivity contribution < 1.29 is 19.1 Å². The topological polar surface area (TPSA) is 88.7 Å². The number of aryl methyl sites for hydroxylation is 3. The summed E-state index contributed by atoms with van der Waals surface area (Å²) in [6.45, 7) is 6.86. The Bertz CT molecular complexity index is 1060. The lowest BCUT2D eigenvalue weighted by Crippen LogP contribution is -2.33. The number of para-hydroxylation sites is 1. The smallest absolute Gasteiger partial charge is 0.291 e. The number of benzene rings is 1. The molecule has 7 nitrogen and oxygen atoms in total. The predicted octanol–water partition coefficient (Wildman–Crippen LogP) is 4.15. The maximum absolute atomic E-state index is 12.9. The number of amides is 1. The maximum Gasteiger partial charge on any atom is 0.291 e. The number of carbonyl (C=O) groups is 1. The van der Waals surface area contributed by atoms with E-state index in [1.807, 2.05) is 37.3 Å². The minimum atomic E-state index is -1.05. The quantitative estimate of drug-likeness (QED) is 0.640. The van der Waals surface area contributed by atoms with Gasteiger partial charge in [0.25, 0.3) is 5.91 Å². The highest BCUT2D eigenvalue weighted by atomic mass is 32.1. The van der Waals surface area contributed by atoms with E-state index in [1.165, 1.54) is 11.3 Å². The van der Waals surface area contributed by atoms with Gasteiger partial charge in [-0.3, -0.25) is 4.79 Å². The minimum absolute atomic E-state index is 0.172. The SMILES string of the molecule is Cc1nc(C)c(C(=O)N2CCC[C@@](O)(c3nc(C)c(COc4ccccc4)s3)CC2)o1. The summed E-state index contributed by atoms with van der Waals surface area (Å²) in [5.74, 6) is 1.40. The fourth-order valence-electron chi connectivity index (χ4n) is 3.84. The number of rotatable bonds is 5. The molecule has 2 aromatic heterocycles. The highest BCUT2D eigenvalue weighted by Gasteiger charge is 2.37. The van der Waals surface area contributed by atoms with Crippen LogP contribution in [0.15, 0.2) is 34.7 Å². The van der Waals surface area contributed by atoms with Crippen LogP contribution in [0.25, 0.3) is 0 Å². The van der Waals surface area contributed by atoms with Gasteiger partial charge in [-0.2, -0.15) is 0 Å². The Morgan fingerprint density at radius 2 is 1.94 bits per heavy atom. The Balaban J connectivity index is 1.45. The average Bonchev–Trinajstić information content (AvgIpc) is 3.22. The molecule has 3 heterocycles. The third-order valence-electron chi connectivity index (χ3n) is 5.60. The van der Waals surface area contributed by atoms with Gasteiger partial charge in [-0.05, 0) is 38.8 Å². The molecule has 1 aliphatic rings. The number of thiazole rings is 1. The van der Waals surface area contributed by atoms with E-state index in [2.05, 4.69) is 9.97 Å². The zero-order chi connectivity index (χ0) is 22.0.